The van der Waals surface area contributed by atoms with Gasteiger partial charge in [0.2, 0.25) is 5.78 Å². The lowest BCUT2D eigenvalue weighted by molar-refractivity contribution is -0.111. The maximum Gasteiger partial charge on any atom is 0.204 e. The minimum atomic E-state index is 0.00869. The second-order valence-electron chi connectivity index (χ2n) is 6.02. The summed E-state index contributed by atoms with van der Waals surface area (Å²) in [5, 5.41) is 3.19. The number of rotatable bonds is 6. The zero-order valence-electron chi connectivity index (χ0n) is 13.7. The van der Waals surface area contributed by atoms with Crippen LogP contribution in [-0.4, -0.2) is 15.8 Å². The molecule has 0 atom stereocenters. The number of aromatic amines is 2. The van der Waals surface area contributed by atoms with Gasteiger partial charge in [0.25, 0.3) is 0 Å². The molecular weight excluding hydrogens is 286 g/mol. The number of nitrogens with one attached hydrogen (secondary N) is 3. The second kappa shape index (κ2) is 6.73. The third-order valence-corrected chi connectivity index (χ3v) is 4.19. The van der Waals surface area contributed by atoms with Crippen molar-refractivity contribution < 1.29 is 4.79 Å². The van der Waals surface area contributed by atoms with Crippen molar-refractivity contribution >= 4 is 17.6 Å². The largest absolute Gasteiger partial charge is 0.360 e. The Labute approximate surface area is 136 Å². The molecule has 3 heterocycles. The van der Waals surface area contributed by atoms with Gasteiger partial charge in [-0.1, -0.05) is 19.8 Å². The Hall–Kier alpha value is -2.49. The summed E-state index contributed by atoms with van der Waals surface area (Å²) in [6.07, 6.45) is 10.2. The molecule has 0 aromatic carbocycles. The lowest BCUT2D eigenvalue weighted by Crippen LogP contribution is -2.09. The Bertz CT molecular complexity index is 748. The van der Waals surface area contributed by atoms with E-state index in [1.807, 2.05) is 24.4 Å². The Balaban J connectivity index is 1.73. The van der Waals surface area contributed by atoms with Crippen molar-refractivity contribution in [3.05, 3.63) is 58.8 Å². The number of hydrogen-bond acceptors (Lipinski definition) is 2. The molecule has 4 heteroatoms. The fourth-order valence-electron chi connectivity index (χ4n) is 2.89. The lowest BCUT2D eigenvalue weighted by Gasteiger charge is -2.02. The van der Waals surface area contributed by atoms with Gasteiger partial charge >= 0.3 is 0 Å². The number of unbranched alkanes of at least 4 members (excludes halogenated alkanes) is 2. The van der Waals surface area contributed by atoms with Gasteiger partial charge in [-0.25, -0.2) is 0 Å². The second-order valence-corrected chi connectivity index (χ2v) is 6.02. The maximum absolute atomic E-state index is 12.2. The summed E-state index contributed by atoms with van der Waals surface area (Å²) in [4.78, 5) is 18.6. The first-order valence-corrected chi connectivity index (χ1v) is 8.24. The zero-order chi connectivity index (χ0) is 16.2. The third-order valence-electron chi connectivity index (χ3n) is 4.19. The first-order chi connectivity index (χ1) is 11.2. The van der Waals surface area contributed by atoms with Crippen LogP contribution in [0.3, 0.4) is 0 Å². The van der Waals surface area contributed by atoms with E-state index in [1.165, 1.54) is 30.5 Å². The van der Waals surface area contributed by atoms with E-state index < -0.39 is 0 Å². The zero-order valence-corrected chi connectivity index (χ0v) is 13.7. The molecule has 2 aromatic rings. The van der Waals surface area contributed by atoms with E-state index >= 15 is 0 Å². The van der Waals surface area contributed by atoms with Crippen molar-refractivity contribution in [3.8, 4) is 0 Å². The highest BCUT2D eigenvalue weighted by molar-refractivity contribution is 6.14. The number of ketones is 1. The summed E-state index contributed by atoms with van der Waals surface area (Å²) in [6.45, 7) is 4.31. The minimum Gasteiger partial charge on any atom is -0.360 e. The number of carbonyl (C=O) groups excluding carboxylic acids is 1. The number of aromatic nitrogens is 2. The molecular formula is C19H23N3O. The summed E-state index contributed by atoms with van der Waals surface area (Å²) in [7, 11) is 0. The molecule has 0 unspecified atom stereocenters. The highest BCUT2D eigenvalue weighted by atomic mass is 16.1. The van der Waals surface area contributed by atoms with Crippen molar-refractivity contribution in [3.63, 3.8) is 0 Å². The predicted molar refractivity (Wildman–Crippen MR) is 93.6 cm³/mol. The highest BCUT2D eigenvalue weighted by Crippen LogP contribution is 2.21. The molecule has 3 rings (SSSR count). The van der Waals surface area contributed by atoms with Gasteiger partial charge in [0, 0.05) is 23.7 Å². The maximum atomic E-state index is 12.2. The van der Waals surface area contributed by atoms with Gasteiger partial charge in [0.05, 0.1) is 17.1 Å². The summed E-state index contributed by atoms with van der Waals surface area (Å²) < 4.78 is 0. The lowest BCUT2D eigenvalue weighted by atomic mass is 10.1. The molecule has 0 aliphatic carbocycles. The van der Waals surface area contributed by atoms with Crippen LogP contribution in [0.4, 0.5) is 0 Å². The summed E-state index contributed by atoms with van der Waals surface area (Å²) in [6, 6.07) is 6.01. The SMILES string of the molecule is CCCCCc1cc(C=C2NC(c3ccc[nH]3)=CC2=O)[nH]c1C. The van der Waals surface area contributed by atoms with Crippen molar-refractivity contribution in [2.45, 2.75) is 39.5 Å². The Morgan fingerprint density at radius 2 is 2.13 bits per heavy atom. The van der Waals surface area contributed by atoms with E-state index in [0.29, 0.717) is 5.70 Å². The fraction of sp³-hybridized carbons (Fsp3) is 0.316. The van der Waals surface area contributed by atoms with Crippen LogP contribution in [0.25, 0.3) is 11.8 Å². The molecule has 2 aromatic heterocycles. The minimum absolute atomic E-state index is 0.00869. The van der Waals surface area contributed by atoms with Gasteiger partial charge in [-0.3, -0.25) is 4.79 Å². The normalized spacial score (nSPS) is 16.0. The Morgan fingerprint density at radius 1 is 1.26 bits per heavy atom. The number of aryl methyl sites for hydroxylation is 2. The van der Waals surface area contributed by atoms with E-state index in [0.717, 1.165) is 23.5 Å². The molecule has 120 valence electrons. The average molecular weight is 309 g/mol. The molecule has 0 fully saturated rings. The predicted octanol–water partition coefficient (Wildman–Crippen LogP) is 3.94. The van der Waals surface area contributed by atoms with E-state index in [9.17, 15) is 4.79 Å². The quantitative estimate of drug-likeness (QED) is 0.559. The summed E-state index contributed by atoms with van der Waals surface area (Å²) in [5.41, 5.74) is 5.86. The number of carbonyl (C=O) groups is 1. The van der Waals surface area contributed by atoms with Crippen LogP contribution >= 0.6 is 0 Å². The smallest absolute Gasteiger partial charge is 0.204 e. The van der Waals surface area contributed by atoms with Crippen molar-refractivity contribution in [1.82, 2.24) is 15.3 Å². The molecule has 0 radical (unpaired) electrons. The van der Waals surface area contributed by atoms with Gasteiger partial charge in [0.15, 0.2) is 0 Å². The third kappa shape index (κ3) is 3.47. The molecule has 3 N–H and O–H groups in total. The first kappa shape index (κ1) is 15.4. The van der Waals surface area contributed by atoms with Gasteiger partial charge in [-0.15, -0.1) is 0 Å². The number of H-pyrrole nitrogens is 2. The van der Waals surface area contributed by atoms with Crippen LogP contribution in [0.2, 0.25) is 0 Å². The Kier molecular flexibility index (Phi) is 4.51. The van der Waals surface area contributed by atoms with E-state index in [4.69, 9.17) is 0 Å². The van der Waals surface area contributed by atoms with E-state index in [2.05, 4.69) is 35.2 Å². The van der Waals surface area contributed by atoms with Gasteiger partial charge in [0.1, 0.15) is 0 Å². The molecule has 0 saturated heterocycles. The summed E-state index contributed by atoms with van der Waals surface area (Å²) in [5.74, 6) is 0.00869. The molecule has 0 amide bonds. The highest BCUT2D eigenvalue weighted by Gasteiger charge is 2.19. The first-order valence-electron chi connectivity index (χ1n) is 8.24. The molecule has 23 heavy (non-hydrogen) atoms. The molecule has 4 nitrogen and oxygen atoms in total. The van der Waals surface area contributed by atoms with Crippen molar-refractivity contribution in [2.75, 3.05) is 0 Å². The molecule has 0 spiro atoms. The van der Waals surface area contributed by atoms with Crippen LogP contribution in [-0.2, 0) is 11.2 Å². The fourth-order valence-corrected chi connectivity index (χ4v) is 2.89. The summed E-state index contributed by atoms with van der Waals surface area (Å²) >= 11 is 0. The van der Waals surface area contributed by atoms with Gasteiger partial charge in [-0.2, -0.15) is 0 Å². The van der Waals surface area contributed by atoms with Crippen LogP contribution < -0.4 is 5.32 Å². The molecule has 0 bridgehead atoms. The Morgan fingerprint density at radius 3 is 2.87 bits per heavy atom. The van der Waals surface area contributed by atoms with Gasteiger partial charge < -0.3 is 15.3 Å². The average Bonchev–Trinajstić information content (AvgIpc) is 3.23. The molecule has 1 aliphatic rings. The number of allylic oxidation sites excluding steroid dienone is 1. The standard InChI is InChI=1S/C19H23N3O/c1-3-4-5-7-14-10-15(21-13(14)2)11-18-19(23)12-17(22-18)16-8-6-9-20-16/h6,8-12,20-22H,3-5,7H2,1-2H3. The monoisotopic (exact) mass is 309 g/mol. The van der Waals surface area contributed by atoms with E-state index in [-0.39, 0.29) is 5.78 Å². The topological polar surface area (TPSA) is 60.7 Å². The molecule has 1 aliphatic heterocycles. The number of hydrogen-bond donors (Lipinski definition) is 3. The van der Waals surface area contributed by atoms with Crippen LogP contribution in [0.15, 0.2) is 36.2 Å². The van der Waals surface area contributed by atoms with Crippen molar-refractivity contribution in [1.29, 1.82) is 0 Å². The molecule has 0 saturated carbocycles. The van der Waals surface area contributed by atoms with Crippen LogP contribution in [0.1, 0.15) is 48.8 Å². The van der Waals surface area contributed by atoms with Crippen molar-refractivity contribution in [2.24, 2.45) is 0 Å². The van der Waals surface area contributed by atoms with E-state index in [1.54, 1.807) is 6.08 Å². The van der Waals surface area contributed by atoms with Crippen LogP contribution in [0.5, 0.6) is 0 Å². The van der Waals surface area contributed by atoms with Gasteiger partial charge in [-0.05, 0) is 49.6 Å². The van der Waals surface area contributed by atoms with Crippen LogP contribution in [0, 0.1) is 6.92 Å².